The predicted molar refractivity (Wildman–Crippen MR) is 108 cm³/mol. The smallest absolute Gasteiger partial charge is 0.268 e. The highest BCUT2D eigenvalue weighted by molar-refractivity contribution is 7.13. The Balaban J connectivity index is 1.39. The molecule has 0 bridgehead atoms. The molecule has 144 valence electrons. The molecule has 3 aromatic rings. The second-order valence-electron chi connectivity index (χ2n) is 6.70. The van der Waals surface area contributed by atoms with Crippen molar-refractivity contribution in [2.45, 2.75) is 12.8 Å². The summed E-state index contributed by atoms with van der Waals surface area (Å²) in [5.74, 6) is -0.681. The van der Waals surface area contributed by atoms with Crippen molar-refractivity contribution in [1.29, 1.82) is 0 Å². The SMILES string of the molecule is NC(=O)c1csc(N2CCCC(C(=O)Nc3ccc(-c4ccn[nH]4)cc3)C2)n1. The molecule has 1 atom stereocenters. The van der Waals surface area contributed by atoms with Gasteiger partial charge in [0.1, 0.15) is 5.69 Å². The molecule has 28 heavy (non-hydrogen) atoms. The van der Waals surface area contributed by atoms with E-state index >= 15 is 0 Å². The molecule has 0 spiro atoms. The fraction of sp³-hybridized carbons (Fsp3) is 0.263. The van der Waals surface area contributed by atoms with Crippen LogP contribution in [0.5, 0.6) is 0 Å². The monoisotopic (exact) mass is 396 g/mol. The molecule has 1 saturated heterocycles. The third kappa shape index (κ3) is 3.89. The largest absolute Gasteiger partial charge is 0.364 e. The van der Waals surface area contributed by atoms with Gasteiger partial charge in [-0.15, -0.1) is 11.3 Å². The van der Waals surface area contributed by atoms with Crippen LogP contribution in [0.4, 0.5) is 10.8 Å². The molecule has 0 radical (unpaired) electrons. The number of aromatic nitrogens is 3. The van der Waals surface area contributed by atoms with E-state index in [1.807, 2.05) is 35.2 Å². The Morgan fingerprint density at radius 1 is 1.25 bits per heavy atom. The van der Waals surface area contributed by atoms with Crippen molar-refractivity contribution in [3.05, 3.63) is 47.6 Å². The predicted octanol–water partition coefficient (Wildman–Crippen LogP) is 2.49. The Morgan fingerprint density at radius 2 is 2.07 bits per heavy atom. The number of primary amides is 1. The molecular weight excluding hydrogens is 376 g/mol. The van der Waals surface area contributed by atoms with Gasteiger partial charge in [-0.25, -0.2) is 4.98 Å². The van der Waals surface area contributed by atoms with E-state index in [2.05, 4.69) is 20.5 Å². The maximum atomic E-state index is 12.7. The molecular formula is C19H20N6O2S. The molecule has 4 N–H and O–H groups in total. The minimum absolute atomic E-state index is 0.00864. The molecule has 1 aliphatic rings. The normalized spacial score (nSPS) is 16.7. The van der Waals surface area contributed by atoms with Crippen LogP contribution in [0.15, 0.2) is 41.9 Å². The quantitative estimate of drug-likeness (QED) is 0.612. The molecule has 8 nitrogen and oxygen atoms in total. The molecule has 9 heteroatoms. The van der Waals surface area contributed by atoms with Crippen molar-refractivity contribution < 1.29 is 9.59 Å². The van der Waals surface area contributed by atoms with Crippen molar-refractivity contribution in [2.75, 3.05) is 23.3 Å². The summed E-state index contributed by atoms with van der Waals surface area (Å²) in [6.07, 6.45) is 3.42. The molecule has 1 aromatic carbocycles. The molecule has 3 heterocycles. The molecule has 1 aliphatic heterocycles. The van der Waals surface area contributed by atoms with Crippen LogP contribution in [-0.2, 0) is 4.79 Å². The summed E-state index contributed by atoms with van der Waals surface area (Å²) in [7, 11) is 0. The van der Waals surface area contributed by atoms with E-state index in [-0.39, 0.29) is 17.5 Å². The van der Waals surface area contributed by atoms with Crippen LogP contribution in [0.1, 0.15) is 23.3 Å². The van der Waals surface area contributed by atoms with Crippen molar-refractivity contribution >= 4 is 34.0 Å². The van der Waals surface area contributed by atoms with Crippen LogP contribution in [0.25, 0.3) is 11.3 Å². The highest BCUT2D eigenvalue weighted by atomic mass is 32.1. The highest BCUT2D eigenvalue weighted by Crippen LogP contribution is 2.27. The van der Waals surface area contributed by atoms with Crippen molar-refractivity contribution in [3.63, 3.8) is 0 Å². The number of hydrogen-bond donors (Lipinski definition) is 3. The van der Waals surface area contributed by atoms with Crippen LogP contribution < -0.4 is 16.0 Å². The van der Waals surface area contributed by atoms with E-state index in [4.69, 9.17) is 5.73 Å². The van der Waals surface area contributed by atoms with Gasteiger partial charge in [0, 0.05) is 30.4 Å². The fourth-order valence-electron chi connectivity index (χ4n) is 3.28. The number of anilines is 2. The summed E-state index contributed by atoms with van der Waals surface area (Å²) in [6, 6.07) is 9.55. The lowest BCUT2D eigenvalue weighted by Crippen LogP contribution is -2.40. The number of piperidine rings is 1. The highest BCUT2D eigenvalue weighted by Gasteiger charge is 2.27. The molecule has 2 aromatic heterocycles. The average Bonchev–Trinajstić information content (AvgIpc) is 3.41. The zero-order valence-electron chi connectivity index (χ0n) is 15.1. The van der Waals surface area contributed by atoms with Gasteiger partial charge < -0.3 is 16.0 Å². The minimum Gasteiger partial charge on any atom is -0.364 e. The number of aromatic amines is 1. The lowest BCUT2D eigenvalue weighted by atomic mass is 9.97. The van der Waals surface area contributed by atoms with Gasteiger partial charge in [-0.05, 0) is 36.6 Å². The topological polar surface area (TPSA) is 117 Å². The minimum atomic E-state index is -0.535. The maximum absolute atomic E-state index is 12.7. The van der Waals surface area contributed by atoms with Crippen LogP contribution in [0, 0.1) is 5.92 Å². The van der Waals surface area contributed by atoms with Gasteiger partial charge in [0.2, 0.25) is 5.91 Å². The molecule has 4 rings (SSSR count). The van der Waals surface area contributed by atoms with Crippen LogP contribution in [0.2, 0.25) is 0 Å². The zero-order chi connectivity index (χ0) is 19.5. The molecule has 0 aliphatic carbocycles. The Morgan fingerprint density at radius 3 is 2.75 bits per heavy atom. The fourth-order valence-corrected chi connectivity index (χ4v) is 4.13. The summed E-state index contributed by atoms with van der Waals surface area (Å²) in [4.78, 5) is 30.3. The number of carbonyl (C=O) groups excluding carboxylic acids is 2. The van der Waals surface area contributed by atoms with Gasteiger partial charge in [-0.3, -0.25) is 14.7 Å². The first-order valence-electron chi connectivity index (χ1n) is 9.01. The van der Waals surface area contributed by atoms with Crippen molar-refractivity contribution in [1.82, 2.24) is 15.2 Å². The number of benzene rings is 1. The molecule has 1 unspecified atom stereocenters. The van der Waals surface area contributed by atoms with Crippen LogP contribution in [-0.4, -0.2) is 40.1 Å². The first-order valence-corrected chi connectivity index (χ1v) is 9.89. The molecule has 1 fully saturated rings. The first kappa shape index (κ1) is 18.2. The Bertz CT molecular complexity index is 967. The number of nitrogens with one attached hydrogen (secondary N) is 2. The maximum Gasteiger partial charge on any atom is 0.268 e. The van der Waals surface area contributed by atoms with E-state index < -0.39 is 5.91 Å². The third-order valence-electron chi connectivity index (χ3n) is 4.77. The number of rotatable bonds is 5. The zero-order valence-corrected chi connectivity index (χ0v) is 15.9. The van der Waals surface area contributed by atoms with Gasteiger partial charge in [-0.2, -0.15) is 5.10 Å². The molecule has 2 amide bonds. The summed E-state index contributed by atoms with van der Waals surface area (Å²) in [6.45, 7) is 1.39. The second kappa shape index (κ2) is 7.81. The van der Waals surface area contributed by atoms with Crippen LogP contribution in [0.3, 0.4) is 0 Å². The number of hydrogen-bond acceptors (Lipinski definition) is 6. The van der Waals surface area contributed by atoms with E-state index in [9.17, 15) is 9.59 Å². The van der Waals surface area contributed by atoms with E-state index in [0.717, 1.165) is 41.5 Å². The first-order chi connectivity index (χ1) is 13.6. The summed E-state index contributed by atoms with van der Waals surface area (Å²) < 4.78 is 0. The number of amides is 2. The van der Waals surface area contributed by atoms with Crippen molar-refractivity contribution in [2.24, 2.45) is 11.7 Å². The summed E-state index contributed by atoms with van der Waals surface area (Å²) in [5.41, 5.74) is 8.24. The van der Waals surface area contributed by atoms with E-state index in [0.29, 0.717) is 6.54 Å². The summed E-state index contributed by atoms with van der Waals surface area (Å²) in [5, 5.41) is 12.2. The number of carbonyl (C=O) groups is 2. The lowest BCUT2D eigenvalue weighted by Gasteiger charge is -2.31. The van der Waals surface area contributed by atoms with Gasteiger partial charge in [0.05, 0.1) is 11.6 Å². The molecule has 0 saturated carbocycles. The summed E-state index contributed by atoms with van der Waals surface area (Å²) >= 11 is 1.38. The average molecular weight is 396 g/mol. The van der Waals surface area contributed by atoms with E-state index in [1.165, 1.54) is 11.3 Å². The van der Waals surface area contributed by atoms with Gasteiger partial charge in [0.25, 0.3) is 5.91 Å². The number of H-pyrrole nitrogens is 1. The number of thiazole rings is 1. The van der Waals surface area contributed by atoms with Gasteiger partial charge >= 0.3 is 0 Å². The third-order valence-corrected chi connectivity index (χ3v) is 5.67. The lowest BCUT2D eigenvalue weighted by molar-refractivity contribution is -0.120. The second-order valence-corrected chi connectivity index (χ2v) is 7.54. The van der Waals surface area contributed by atoms with Gasteiger partial charge in [-0.1, -0.05) is 12.1 Å². The Labute approximate surface area is 165 Å². The van der Waals surface area contributed by atoms with E-state index in [1.54, 1.807) is 11.6 Å². The standard InChI is InChI=1S/C19H20N6O2S/c20-17(26)16-11-28-19(23-16)25-9-1-2-13(10-25)18(27)22-14-5-3-12(4-6-14)15-7-8-21-24-15/h3-8,11,13H,1-2,9-10H2,(H2,20,26)(H,21,24)(H,22,27). The van der Waals surface area contributed by atoms with Crippen LogP contribution >= 0.6 is 11.3 Å². The Kier molecular flexibility index (Phi) is 5.07. The van der Waals surface area contributed by atoms with Gasteiger partial charge in [0.15, 0.2) is 5.13 Å². The number of nitrogens with zero attached hydrogens (tertiary/aromatic N) is 3. The Hall–Kier alpha value is -3.20. The van der Waals surface area contributed by atoms with Crippen molar-refractivity contribution in [3.8, 4) is 11.3 Å². The number of nitrogens with two attached hydrogens (primary N) is 1.